The molecule has 0 saturated carbocycles. The highest BCUT2D eigenvalue weighted by Crippen LogP contribution is 2.27. The zero-order valence-electron chi connectivity index (χ0n) is 13.6. The van der Waals surface area contributed by atoms with E-state index in [0.717, 1.165) is 19.5 Å². The normalized spacial score (nSPS) is 24.4. The van der Waals surface area contributed by atoms with E-state index in [9.17, 15) is 0 Å². The van der Waals surface area contributed by atoms with Crippen molar-refractivity contribution in [2.45, 2.75) is 39.3 Å². The zero-order chi connectivity index (χ0) is 14.9. The molecule has 0 amide bonds. The Morgan fingerprint density at radius 3 is 2.55 bits per heavy atom. The number of benzene rings is 1. The fourth-order valence-corrected chi connectivity index (χ4v) is 3.29. The number of nitrogens with two attached hydrogens (primary N) is 1. The maximum absolute atomic E-state index is 5.91. The maximum atomic E-state index is 5.91. The van der Waals surface area contributed by atoms with E-state index in [0.29, 0.717) is 12.0 Å². The molecule has 1 aliphatic rings. The quantitative estimate of drug-likeness (QED) is 0.915. The van der Waals surface area contributed by atoms with E-state index in [-0.39, 0.29) is 6.04 Å². The molecule has 1 aromatic carbocycles. The van der Waals surface area contributed by atoms with Gasteiger partial charge in [0.2, 0.25) is 0 Å². The first-order valence-corrected chi connectivity index (χ1v) is 7.65. The van der Waals surface area contributed by atoms with Gasteiger partial charge in [-0.2, -0.15) is 0 Å². The Bertz CT molecular complexity index is 454. The Kier molecular flexibility index (Phi) is 4.71. The second-order valence-electron chi connectivity index (χ2n) is 6.71. The predicted octanol–water partition coefficient (Wildman–Crippen LogP) is 2.27. The molecule has 0 spiro atoms. The fraction of sp³-hybridized carbons (Fsp3) is 0.647. The molecule has 3 nitrogen and oxygen atoms in total. The SMILES string of the molecule is Cc1cc(N2CC(C)C(N(C)C)C2)ccc1CC(C)N. The number of nitrogens with zero attached hydrogens (tertiary/aromatic N) is 2. The lowest BCUT2D eigenvalue weighted by Gasteiger charge is -2.23. The number of likely N-dealkylation sites (N-methyl/N-ethyl adjacent to an activating group) is 1. The first-order chi connectivity index (χ1) is 9.38. The van der Waals surface area contributed by atoms with Gasteiger partial charge < -0.3 is 15.5 Å². The van der Waals surface area contributed by atoms with Crippen molar-refractivity contribution in [1.29, 1.82) is 0 Å². The first-order valence-electron chi connectivity index (χ1n) is 7.65. The van der Waals surface area contributed by atoms with Crippen LogP contribution in [-0.2, 0) is 6.42 Å². The van der Waals surface area contributed by atoms with Gasteiger partial charge in [0.1, 0.15) is 0 Å². The summed E-state index contributed by atoms with van der Waals surface area (Å²) in [6, 6.07) is 7.71. The summed E-state index contributed by atoms with van der Waals surface area (Å²) in [5, 5.41) is 0. The number of rotatable bonds is 4. The molecule has 1 aliphatic heterocycles. The summed E-state index contributed by atoms with van der Waals surface area (Å²) in [6.07, 6.45) is 0.961. The minimum absolute atomic E-state index is 0.226. The average Bonchev–Trinajstić information content (AvgIpc) is 2.73. The van der Waals surface area contributed by atoms with Crippen molar-refractivity contribution in [2.24, 2.45) is 11.7 Å². The third-order valence-corrected chi connectivity index (χ3v) is 4.47. The molecule has 1 heterocycles. The molecule has 0 radical (unpaired) electrons. The molecule has 2 rings (SSSR count). The molecule has 2 N–H and O–H groups in total. The van der Waals surface area contributed by atoms with Crippen molar-refractivity contribution < 1.29 is 0 Å². The number of aryl methyl sites for hydroxylation is 1. The molecule has 112 valence electrons. The van der Waals surface area contributed by atoms with E-state index in [1.54, 1.807) is 0 Å². The molecule has 0 aliphatic carbocycles. The van der Waals surface area contributed by atoms with Gasteiger partial charge in [-0.15, -0.1) is 0 Å². The lowest BCUT2D eigenvalue weighted by molar-refractivity contribution is 0.266. The maximum Gasteiger partial charge on any atom is 0.0369 e. The van der Waals surface area contributed by atoms with Crippen LogP contribution in [0.2, 0.25) is 0 Å². The summed E-state index contributed by atoms with van der Waals surface area (Å²) in [5.41, 5.74) is 10.00. The third kappa shape index (κ3) is 3.33. The minimum Gasteiger partial charge on any atom is -0.370 e. The van der Waals surface area contributed by atoms with E-state index >= 15 is 0 Å². The van der Waals surface area contributed by atoms with Gasteiger partial charge >= 0.3 is 0 Å². The first kappa shape index (κ1) is 15.3. The van der Waals surface area contributed by atoms with Crippen molar-refractivity contribution in [3.8, 4) is 0 Å². The summed E-state index contributed by atoms with van der Waals surface area (Å²) < 4.78 is 0. The van der Waals surface area contributed by atoms with Crippen LogP contribution in [0, 0.1) is 12.8 Å². The molecule has 3 unspecified atom stereocenters. The number of anilines is 1. The molecular formula is C17H29N3. The molecule has 0 bridgehead atoms. The Morgan fingerprint density at radius 1 is 1.35 bits per heavy atom. The third-order valence-electron chi connectivity index (χ3n) is 4.47. The summed E-state index contributed by atoms with van der Waals surface area (Å²) in [7, 11) is 4.36. The monoisotopic (exact) mass is 275 g/mol. The lowest BCUT2D eigenvalue weighted by atomic mass is 10.0. The lowest BCUT2D eigenvalue weighted by Crippen LogP contribution is -2.34. The van der Waals surface area contributed by atoms with Crippen LogP contribution in [0.5, 0.6) is 0 Å². The van der Waals surface area contributed by atoms with E-state index in [1.165, 1.54) is 16.8 Å². The van der Waals surface area contributed by atoms with Gasteiger partial charge in [0.05, 0.1) is 0 Å². The van der Waals surface area contributed by atoms with Crippen molar-refractivity contribution in [3.63, 3.8) is 0 Å². The minimum atomic E-state index is 0.226. The van der Waals surface area contributed by atoms with Crippen LogP contribution in [0.15, 0.2) is 18.2 Å². The topological polar surface area (TPSA) is 32.5 Å². The van der Waals surface area contributed by atoms with Crippen LogP contribution in [0.4, 0.5) is 5.69 Å². The van der Waals surface area contributed by atoms with Crippen LogP contribution in [0.1, 0.15) is 25.0 Å². The van der Waals surface area contributed by atoms with Crippen LogP contribution < -0.4 is 10.6 Å². The second kappa shape index (κ2) is 6.15. The molecule has 0 aromatic heterocycles. The largest absolute Gasteiger partial charge is 0.370 e. The van der Waals surface area contributed by atoms with E-state index < -0.39 is 0 Å². The Hall–Kier alpha value is -1.06. The van der Waals surface area contributed by atoms with Gasteiger partial charge in [-0.25, -0.2) is 0 Å². The standard InChI is InChI=1S/C17H29N3/c1-12-8-16(7-6-15(12)9-14(3)18)20-10-13(2)17(11-20)19(4)5/h6-8,13-14,17H,9-11,18H2,1-5H3. The molecule has 3 atom stereocenters. The summed E-state index contributed by atoms with van der Waals surface area (Å²) in [6.45, 7) is 8.89. The molecule has 3 heteroatoms. The van der Waals surface area contributed by atoms with Gasteiger partial charge in [0.25, 0.3) is 0 Å². The van der Waals surface area contributed by atoms with E-state index in [2.05, 4.69) is 62.9 Å². The summed E-state index contributed by atoms with van der Waals surface area (Å²) >= 11 is 0. The Balaban J connectivity index is 2.13. The van der Waals surface area contributed by atoms with Crippen LogP contribution in [-0.4, -0.2) is 44.2 Å². The average molecular weight is 275 g/mol. The van der Waals surface area contributed by atoms with E-state index in [4.69, 9.17) is 5.73 Å². The molecule has 1 aromatic rings. The highest BCUT2D eigenvalue weighted by molar-refractivity contribution is 5.52. The van der Waals surface area contributed by atoms with Crippen molar-refractivity contribution in [3.05, 3.63) is 29.3 Å². The zero-order valence-corrected chi connectivity index (χ0v) is 13.6. The number of hydrogen-bond donors (Lipinski definition) is 1. The smallest absolute Gasteiger partial charge is 0.0369 e. The molecule has 1 fully saturated rings. The van der Waals surface area contributed by atoms with Crippen molar-refractivity contribution in [1.82, 2.24) is 4.90 Å². The second-order valence-corrected chi connectivity index (χ2v) is 6.71. The summed E-state index contributed by atoms with van der Waals surface area (Å²) in [4.78, 5) is 4.86. The fourth-order valence-electron chi connectivity index (χ4n) is 3.29. The highest BCUT2D eigenvalue weighted by atomic mass is 15.2. The van der Waals surface area contributed by atoms with Gasteiger partial charge in [0.15, 0.2) is 0 Å². The molecular weight excluding hydrogens is 246 g/mol. The van der Waals surface area contributed by atoms with Crippen molar-refractivity contribution >= 4 is 5.69 Å². The van der Waals surface area contributed by atoms with Crippen molar-refractivity contribution in [2.75, 3.05) is 32.1 Å². The van der Waals surface area contributed by atoms with Gasteiger partial charge in [-0.05, 0) is 63.5 Å². The van der Waals surface area contributed by atoms with Gasteiger partial charge in [-0.1, -0.05) is 13.0 Å². The Morgan fingerprint density at radius 2 is 2.05 bits per heavy atom. The van der Waals surface area contributed by atoms with Crippen LogP contribution >= 0.6 is 0 Å². The van der Waals surface area contributed by atoms with Crippen LogP contribution in [0.25, 0.3) is 0 Å². The predicted molar refractivity (Wildman–Crippen MR) is 87.4 cm³/mol. The summed E-state index contributed by atoms with van der Waals surface area (Å²) in [5.74, 6) is 0.717. The van der Waals surface area contributed by atoms with Crippen LogP contribution in [0.3, 0.4) is 0 Å². The molecule has 1 saturated heterocycles. The van der Waals surface area contributed by atoms with Gasteiger partial charge in [-0.3, -0.25) is 0 Å². The van der Waals surface area contributed by atoms with Gasteiger partial charge in [0, 0.05) is 30.9 Å². The highest BCUT2D eigenvalue weighted by Gasteiger charge is 2.31. The number of hydrogen-bond acceptors (Lipinski definition) is 3. The Labute approximate surface area is 123 Å². The molecule has 20 heavy (non-hydrogen) atoms. The van der Waals surface area contributed by atoms with E-state index in [1.807, 2.05) is 0 Å².